The highest BCUT2D eigenvalue weighted by molar-refractivity contribution is 6.33. The van der Waals surface area contributed by atoms with E-state index in [2.05, 4.69) is 158 Å². The van der Waals surface area contributed by atoms with Crippen molar-refractivity contribution in [1.82, 2.24) is 4.57 Å². The number of nitrogens with zero attached hydrogens (tertiary/aromatic N) is 1. The fraction of sp³-hybridized carbons (Fsp3) is 0. The van der Waals surface area contributed by atoms with Crippen molar-refractivity contribution in [3.63, 3.8) is 0 Å². The van der Waals surface area contributed by atoms with Gasteiger partial charge in [0, 0.05) is 16.5 Å². The molecule has 38 heavy (non-hydrogen) atoms. The van der Waals surface area contributed by atoms with Crippen molar-refractivity contribution in [3.8, 4) is 39.1 Å². The van der Waals surface area contributed by atoms with Crippen LogP contribution in [0.2, 0.25) is 0 Å². The van der Waals surface area contributed by atoms with E-state index in [-0.39, 0.29) is 0 Å². The molecule has 0 radical (unpaired) electrons. The first-order valence-electron chi connectivity index (χ1n) is 13.1. The van der Waals surface area contributed by atoms with E-state index in [1.807, 2.05) is 0 Å². The Morgan fingerprint density at radius 1 is 0.368 bits per heavy atom. The van der Waals surface area contributed by atoms with Gasteiger partial charge in [-0.25, -0.2) is 0 Å². The Morgan fingerprint density at radius 2 is 0.921 bits per heavy atom. The van der Waals surface area contributed by atoms with Crippen LogP contribution in [0, 0.1) is 0 Å². The molecule has 0 saturated heterocycles. The molecule has 0 aliphatic heterocycles. The molecule has 0 unspecified atom stereocenters. The van der Waals surface area contributed by atoms with Crippen LogP contribution in [0.3, 0.4) is 0 Å². The highest BCUT2D eigenvalue weighted by Gasteiger charge is 2.13. The van der Waals surface area contributed by atoms with Gasteiger partial charge in [0.2, 0.25) is 0 Å². The van der Waals surface area contributed by atoms with Gasteiger partial charge >= 0.3 is 0 Å². The summed E-state index contributed by atoms with van der Waals surface area (Å²) in [4.78, 5) is 0. The largest absolute Gasteiger partial charge is 0.309 e. The molecule has 0 amide bonds. The Kier molecular flexibility index (Phi) is 5.45. The van der Waals surface area contributed by atoms with Crippen LogP contribution in [-0.4, -0.2) is 12.4 Å². The van der Waals surface area contributed by atoms with Crippen molar-refractivity contribution in [2.24, 2.45) is 0 Å². The minimum atomic E-state index is 1.18. The molecular weight excluding hydrogens is 457 g/mol. The molecule has 0 atom stereocenters. The fourth-order valence-corrected chi connectivity index (χ4v) is 5.63. The highest BCUT2D eigenvalue weighted by Crippen LogP contribution is 2.36. The Hall–Kier alpha value is -4.82. The molecule has 1 nitrogen and oxygen atoms in total. The van der Waals surface area contributed by atoms with Crippen molar-refractivity contribution >= 4 is 35.1 Å². The van der Waals surface area contributed by atoms with Crippen LogP contribution in [0.4, 0.5) is 0 Å². The van der Waals surface area contributed by atoms with Crippen LogP contribution in [0.25, 0.3) is 60.9 Å². The summed E-state index contributed by atoms with van der Waals surface area (Å²) in [5.41, 5.74) is 12.3. The number of benzene rings is 6. The quantitative estimate of drug-likeness (QED) is 0.223. The number of hydrogen-bond donors (Lipinski definition) is 0. The van der Waals surface area contributed by atoms with Gasteiger partial charge in [-0.3, -0.25) is 0 Å². The molecule has 0 aliphatic rings. The van der Waals surface area contributed by atoms with Crippen molar-refractivity contribution in [3.05, 3.63) is 146 Å². The van der Waals surface area contributed by atoms with Gasteiger partial charge in [-0.15, -0.1) is 0 Å². The molecule has 0 bridgehead atoms. The highest BCUT2D eigenvalue weighted by atomic mass is 15.0. The second-order valence-corrected chi connectivity index (χ2v) is 9.95. The normalized spacial score (nSPS) is 11.3. The number of aromatic nitrogens is 1. The van der Waals surface area contributed by atoms with Crippen molar-refractivity contribution in [2.75, 3.05) is 0 Å². The van der Waals surface area contributed by atoms with E-state index in [0.29, 0.717) is 0 Å². The average molecular weight is 483 g/mol. The third-order valence-corrected chi connectivity index (χ3v) is 7.40. The lowest BCUT2D eigenvalue weighted by Gasteiger charge is -2.11. The van der Waals surface area contributed by atoms with E-state index >= 15 is 0 Å². The first kappa shape index (κ1) is 22.4. The molecule has 0 saturated carbocycles. The zero-order valence-corrected chi connectivity index (χ0v) is 21.3. The Labute approximate surface area is 224 Å². The number of hydrogen-bond acceptors (Lipinski definition) is 0. The van der Waals surface area contributed by atoms with E-state index in [1.165, 1.54) is 66.3 Å². The average Bonchev–Trinajstić information content (AvgIpc) is 3.31. The summed E-state index contributed by atoms with van der Waals surface area (Å²) in [6.45, 7) is 0. The molecule has 178 valence electrons. The summed E-state index contributed by atoms with van der Waals surface area (Å²) < 4.78 is 2.36. The van der Waals surface area contributed by atoms with Crippen molar-refractivity contribution in [2.45, 2.75) is 0 Å². The Balaban J connectivity index is 1.35. The van der Waals surface area contributed by atoms with Crippen LogP contribution < -0.4 is 5.46 Å². The zero-order chi connectivity index (χ0) is 25.5. The fourth-order valence-electron chi connectivity index (χ4n) is 5.63. The molecular formula is C36H26BN. The lowest BCUT2D eigenvalue weighted by Crippen LogP contribution is -2.02. The van der Waals surface area contributed by atoms with E-state index in [0.717, 1.165) is 0 Å². The predicted octanol–water partition coefficient (Wildman–Crippen LogP) is 8.04. The van der Waals surface area contributed by atoms with Gasteiger partial charge in [-0.2, -0.15) is 0 Å². The summed E-state index contributed by atoms with van der Waals surface area (Å²) in [6, 6.07) is 52.6. The SMILES string of the molecule is Bc1cc(-c2ccccc2)cc(-c2cccc(-c3ccc4c(c3)c3ccccc3n4-c3ccccc3)c2)c1. The van der Waals surface area contributed by atoms with E-state index in [9.17, 15) is 0 Å². The third-order valence-electron chi connectivity index (χ3n) is 7.40. The standard InChI is InChI=1S/C36H26BN/c37-31-22-29(25-10-3-1-4-11-25)21-30(23-31)27-13-9-12-26(20-27)28-18-19-36-34(24-28)33-16-7-8-17-35(33)38(36)32-14-5-2-6-15-32/h1-24H,37H2. The zero-order valence-electron chi connectivity index (χ0n) is 21.3. The van der Waals surface area contributed by atoms with Gasteiger partial charge < -0.3 is 4.57 Å². The smallest absolute Gasteiger partial charge is 0.139 e. The molecule has 1 aromatic heterocycles. The summed E-state index contributed by atoms with van der Waals surface area (Å²) in [5, 5.41) is 2.55. The molecule has 0 N–H and O–H groups in total. The number of para-hydroxylation sites is 2. The first-order valence-corrected chi connectivity index (χ1v) is 13.1. The number of fused-ring (bicyclic) bond motifs is 3. The lowest BCUT2D eigenvalue weighted by atomic mass is 9.87. The van der Waals surface area contributed by atoms with Crippen LogP contribution in [0.5, 0.6) is 0 Å². The predicted molar refractivity (Wildman–Crippen MR) is 165 cm³/mol. The Morgan fingerprint density at radius 3 is 1.71 bits per heavy atom. The van der Waals surface area contributed by atoms with Gasteiger partial charge in [0.15, 0.2) is 0 Å². The molecule has 0 fully saturated rings. The maximum Gasteiger partial charge on any atom is 0.139 e. The molecule has 7 aromatic rings. The summed E-state index contributed by atoms with van der Waals surface area (Å²) in [5.74, 6) is 0. The monoisotopic (exact) mass is 483 g/mol. The van der Waals surface area contributed by atoms with Gasteiger partial charge in [-0.05, 0) is 75.8 Å². The second-order valence-electron chi connectivity index (χ2n) is 9.95. The summed E-state index contributed by atoms with van der Waals surface area (Å²) in [6.07, 6.45) is 0. The minimum Gasteiger partial charge on any atom is -0.309 e. The van der Waals surface area contributed by atoms with Crippen LogP contribution in [0.15, 0.2) is 146 Å². The molecule has 0 aliphatic carbocycles. The van der Waals surface area contributed by atoms with E-state index in [1.54, 1.807) is 0 Å². The van der Waals surface area contributed by atoms with Crippen molar-refractivity contribution in [1.29, 1.82) is 0 Å². The molecule has 7 rings (SSSR count). The molecule has 2 heteroatoms. The van der Waals surface area contributed by atoms with Crippen LogP contribution in [-0.2, 0) is 0 Å². The minimum absolute atomic E-state index is 1.18. The lowest BCUT2D eigenvalue weighted by molar-refractivity contribution is 1.18. The van der Waals surface area contributed by atoms with Crippen LogP contribution in [0.1, 0.15) is 0 Å². The maximum absolute atomic E-state index is 2.36. The number of rotatable bonds is 4. The van der Waals surface area contributed by atoms with E-state index < -0.39 is 0 Å². The van der Waals surface area contributed by atoms with E-state index in [4.69, 9.17) is 0 Å². The van der Waals surface area contributed by atoms with Crippen molar-refractivity contribution < 1.29 is 0 Å². The maximum atomic E-state index is 2.36. The first-order chi connectivity index (χ1) is 18.7. The molecule has 1 heterocycles. The van der Waals surface area contributed by atoms with Gasteiger partial charge in [0.25, 0.3) is 0 Å². The Bertz CT molecular complexity index is 1920. The topological polar surface area (TPSA) is 4.93 Å². The molecule has 0 spiro atoms. The summed E-state index contributed by atoms with van der Waals surface area (Å²) >= 11 is 0. The van der Waals surface area contributed by atoms with Gasteiger partial charge in [0.05, 0.1) is 11.0 Å². The van der Waals surface area contributed by atoms with Gasteiger partial charge in [-0.1, -0.05) is 109 Å². The third kappa shape index (κ3) is 3.92. The summed E-state index contributed by atoms with van der Waals surface area (Å²) in [7, 11) is 2.18. The van der Waals surface area contributed by atoms with Gasteiger partial charge in [0.1, 0.15) is 7.85 Å². The van der Waals surface area contributed by atoms with Crippen LogP contribution >= 0.6 is 0 Å². The molecule has 6 aromatic carbocycles. The second kappa shape index (κ2) is 9.25.